The van der Waals surface area contributed by atoms with Crippen LogP contribution in [0.3, 0.4) is 0 Å². The maximum absolute atomic E-state index is 13.8. The van der Waals surface area contributed by atoms with Crippen molar-refractivity contribution < 1.29 is 14.3 Å². The Balaban J connectivity index is 2.13. The van der Waals surface area contributed by atoms with Gasteiger partial charge in [0, 0.05) is 20.6 Å². The second kappa shape index (κ2) is 10.3. The van der Waals surface area contributed by atoms with E-state index in [9.17, 15) is 9.59 Å². The van der Waals surface area contributed by atoms with Crippen molar-refractivity contribution in [2.24, 2.45) is 5.73 Å². The van der Waals surface area contributed by atoms with Crippen LogP contribution in [-0.4, -0.2) is 47.9 Å². The number of rotatable bonds is 8. The molecule has 0 aliphatic carbocycles. The highest BCUT2D eigenvalue weighted by Gasteiger charge is 2.33. The number of hydrogen-bond donors (Lipinski definition) is 1. The van der Waals surface area contributed by atoms with Gasteiger partial charge in [-0.25, -0.2) is 9.97 Å². The number of nitrogens with zero attached hydrogens (tertiary/aromatic N) is 4. The Kier molecular flexibility index (Phi) is 7.50. The van der Waals surface area contributed by atoms with E-state index in [1.807, 2.05) is 31.2 Å². The number of hydrogen-bond acceptors (Lipinski definition) is 6. The van der Waals surface area contributed by atoms with Crippen molar-refractivity contribution in [3.63, 3.8) is 0 Å². The van der Waals surface area contributed by atoms with Crippen LogP contribution in [0.25, 0.3) is 0 Å². The summed E-state index contributed by atoms with van der Waals surface area (Å²) in [4.78, 5) is 38.0. The number of amides is 2. The van der Waals surface area contributed by atoms with Crippen molar-refractivity contribution in [3.05, 3.63) is 82.1 Å². The van der Waals surface area contributed by atoms with Gasteiger partial charge in [0.15, 0.2) is 5.69 Å². The maximum atomic E-state index is 13.8. The van der Waals surface area contributed by atoms with Crippen LogP contribution in [0.4, 0.5) is 5.95 Å². The number of carbonyl (C=O) groups excluding carboxylic acids is 2. The van der Waals surface area contributed by atoms with Crippen LogP contribution >= 0.6 is 11.6 Å². The van der Waals surface area contributed by atoms with E-state index in [-0.39, 0.29) is 17.3 Å². The molecule has 0 bridgehead atoms. The van der Waals surface area contributed by atoms with Crippen LogP contribution in [0.15, 0.2) is 54.7 Å². The molecule has 2 N–H and O–H groups in total. The van der Waals surface area contributed by atoms with Crippen LogP contribution in [0.1, 0.15) is 33.2 Å². The van der Waals surface area contributed by atoms with Gasteiger partial charge in [0.25, 0.3) is 5.91 Å². The molecule has 3 rings (SSSR count). The number of methoxy groups -OCH3 is 1. The van der Waals surface area contributed by atoms with E-state index in [4.69, 9.17) is 22.1 Å². The molecular weight excluding hydrogens is 442 g/mol. The zero-order chi connectivity index (χ0) is 24.1. The van der Waals surface area contributed by atoms with E-state index in [0.717, 1.165) is 11.1 Å². The molecule has 0 saturated carbocycles. The number of aromatic nitrogens is 2. The summed E-state index contributed by atoms with van der Waals surface area (Å²) in [6.45, 7) is 2.08. The van der Waals surface area contributed by atoms with E-state index in [2.05, 4.69) is 9.97 Å². The zero-order valence-corrected chi connectivity index (χ0v) is 19.7. The largest absolute Gasteiger partial charge is 0.497 e. The first-order chi connectivity index (χ1) is 15.7. The van der Waals surface area contributed by atoms with Gasteiger partial charge in [-0.05, 0) is 30.2 Å². The van der Waals surface area contributed by atoms with Gasteiger partial charge in [-0.2, -0.15) is 0 Å². The molecule has 2 amide bonds. The van der Waals surface area contributed by atoms with E-state index in [1.165, 1.54) is 18.2 Å². The van der Waals surface area contributed by atoms with Gasteiger partial charge in [-0.3, -0.25) is 9.59 Å². The molecule has 2 aromatic carbocycles. The summed E-state index contributed by atoms with van der Waals surface area (Å²) in [5.74, 6) is -0.383. The Hall–Kier alpha value is -3.65. The lowest BCUT2D eigenvalue weighted by Crippen LogP contribution is -2.42. The third-order valence-electron chi connectivity index (χ3n) is 5.06. The van der Waals surface area contributed by atoms with Crippen molar-refractivity contribution in [3.8, 4) is 5.75 Å². The molecule has 0 fully saturated rings. The Bertz CT molecular complexity index is 1150. The van der Waals surface area contributed by atoms with Gasteiger partial charge in [0.2, 0.25) is 11.9 Å². The minimum atomic E-state index is -1.08. The predicted octanol–water partition coefficient (Wildman–Crippen LogP) is 3.38. The SMILES string of the molecule is COc1cccc(C(C(N)=O)N(Cc2ccc(C)cc2)C(=O)c2nc(N(C)C)ncc2Cl)c1. The number of carbonyl (C=O) groups is 2. The molecular formula is C24H26ClN5O3. The number of halogens is 1. The molecule has 172 valence electrons. The van der Waals surface area contributed by atoms with Gasteiger partial charge < -0.3 is 20.3 Å². The molecule has 33 heavy (non-hydrogen) atoms. The van der Waals surface area contributed by atoms with Gasteiger partial charge in [0.05, 0.1) is 18.3 Å². The number of ether oxygens (including phenoxy) is 1. The fraction of sp³-hybridized carbons (Fsp3) is 0.250. The summed E-state index contributed by atoms with van der Waals surface area (Å²) in [5.41, 5.74) is 8.22. The fourth-order valence-corrected chi connectivity index (χ4v) is 3.51. The number of anilines is 1. The average molecular weight is 468 g/mol. The third-order valence-corrected chi connectivity index (χ3v) is 5.34. The summed E-state index contributed by atoms with van der Waals surface area (Å²) in [5, 5.41) is 0.0772. The summed E-state index contributed by atoms with van der Waals surface area (Å²) < 4.78 is 5.30. The first-order valence-corrected chi connectivity index (χ1v) is 10.6. The van der Waals surface area contributed by atoms with E-state index in [0.29, 0.717) is 17.3 Å². The average Bonchev–Trinajstić information content (AvgIpc) is 2.79. The first kappa shape index (κ1) is 24.0. The molecule has 1 heterocycles. The minimum absolute atomic E-state index is 0.0170. The standard InChI is InChI=1S/C24H26ClN5O3/c1-15-8-10-16(11-9-15)14-30(21(22(26)31)17-6-5-7-18(12-17)33-4)23(32)20-19(25)13-27-24(28-20)29(2)3/h5-13,21H,14H2,1-4H3,(H2,26,31). The van der Waals surface area contributed by atoms with Gasteiger partial charge in [-0.1, -0.05) is 53.6 Å². The fourth-order valence-electron chi connectivity index (χ4n) is 3.34. The van der Waals surface area contributed by atoms with Crippen molar-refractivity contribution in [2.75, 3.05) is 26.1 Å². The Labute approximate surface area is 198 Å². The summed E-state index contributed by atoms with van der Waals surface area (Å²) >= 11 is 6.31. The summed E-state index contributed by atoms with van der Waals surface area (Å²) in [7, 11) is 5.03. The highest BCUT2D eigenvalue weighted by atomic mass is 35.5. The monoisotopic (exact) mass is 467 g/mol. The molecule has 3 aromatic rings. The lowest BCUT2D eigenvalue weighted by atomic mass is 10.0. The van der Waals surface area contributed by atoms with Crippen LogP contribution in [0.5, 0.6) is 5.75 Å². The molecule has 9 heteroatoms. The molecule has 0 aliphatic rings. The molecule has 1 unspecified atom stereocenters. The van der Waals surface area contributed by atoms with E-state index in [1.54, 1.807) is 43.3 Å². The van der Waals surface area contributed by atoms with Crippen LogP contribution in [0, 0.1) is 6.92 Å². The topological polar surface area (TPSA) is 102 Å². The van der Waals surface area contributed by atoms with Crippen molar-refractivity contribution in [1.29, 1.82) is 0 Å². The quantitative estimate of drug-likeness (QED) is 0.545. The van der Waals surface area contributed by atoms with E-state index >= 15 is 0 Å². The molecule has 0 spiro atoms. The maximum Gasteiger partial charge on any atom is 0.275 e. The number of benzene rings is 2. The Morgan fingerprint density at radius 2 is 1.85 bits per heavy atom. The molecule has 0 radical (unpaired) electrons. The molecule has 1 atom stereocenters. The van der Waals surface area contributed by atoms with Crippen molar-refractivity contribution >= 4 is 29.4 Å². The number of nitrogens with two attached hydrogens (primary N) is 1. The highest BCUT2D eigenvalue weighted by Crippen LogP contribution is 2.29. The normalized spacial score (nSPS) is 11.5. The summed E-state index contributed by atoms with van der Waals surface area (Å²) in [6.07, 6.45) is 1.37. The van der Waals surface area contributed by atoms with E-state index < -0.39 is 17.9 Å². The zero-order valence-electron chi connectivity index (χ0n) is 18.9. The van der Waals surface area contributed by atoms with Crippen molar-refractivity contribution in [1.82, 2.24) is 14.9 Å². The summed E-state index contributed by atoms with van der Waals surface area (Å²) in [6, 6.07) is 13.5. The minimum Gasteiger partial charge on any atom is -0.497 e. The van der Waals surface area contributed by atoms with Crippen LogP contribution in [-0.2, 0) is 11.3 Å². The highest BCUT2D eigenvalue weighted by molar-refractivity contribution is 6.33. The second-order valence-electron chi connectivity index (χ2n) is 7.76. The molecule has 8 nitrogen and oxygen atoms in total. The van der Waals surface area contributed by atoms with Crippen LogP contribution < -0.4 is 15.4 Å². The molecule has 0 saturated heterocycles. The molecule has 0 aliphatic heterocycles. The van der Waals surface area contributed by atoms with Crippen LogP contribution in [0.2, 0.25) is 5.02 Å². The van der Waals surface area contributed by atoms with Gasteiger partial charge in [-0.15, -0.1) is 0 Å². The first-order valence-electron chi connectivity index (χ1n) is 10.2. The second-order valence-corrected chi connectivity index (χ2v) is 8.17. The number of aryl methyl sites for hydroxylation is 1. The third kappa shape index (κ3) is 5.59. The van der Waals surface area contributed by atoms with Crippen molar-refractivity contribution in [2.45, 2.75) is 19.5 Å². The number of primary amides is 1. The van der Waals surface area contributed by atoms with Gasteiger partial charge >= 0.3 is 0 Å². The lowest BCUT2D eigenvalue weighted by molar-refractivity contribution is -0.122. The lowest BCUT2D eigenvalue weighted by Gasteiger charge is -2.30. The Morgan fingerprint density at radius 3 is 2.45 bits per heavy atom. The Morgan fingerprint density at radius 1 is 1.15 bits per heavy atom. The predicted molar refractivity (Wildman–Crippen MR) is 127 cm³/mol. The van der Waals surface area contributed by atoms with Gasteiger partial charge in [0.1, 0.15) is 11.8 Å². The smallest absolute Gasteiger partial charge is 0.275 e. The molecule has 1 aromatic heterocycles.